The standard InChI is InChI=1S/C9H11N5O3/c1-14-7(6(2-12-14)9(15)16)3-10-4-8-11-5-17-13-8/h2,5,10H,3-4H2,1H3,(H,15,16). The van der Waals surface area contributed by atoms with Gasteiger partial charge in [-0.3, -0.25) is 4.68 Å². The van der Waals surface area contributed by atoms with E-state index in [0.717, 1.165) is 0 Å². The Labute approximate surface area is 96.2 Å². The number of hydrogen-bond acceptors (Lipinski definition) is 6. The average molecular weight is 237 g/mol. The van der Waals surface area contributed by atoms with Gasteiger partial charge in [0.1, 0.15) is 5.56 Å². The summed E-state index contributed by atoms with van der Waals surface area (Å²) in [5.41, 5.74) is 0.786. The highest BCUT2D eigenvalue weighted by Crippen LogP contribution is 2.07. The van der Waals surface area contributed by atoms with Gasteiger partial charge >= 0.3 is 5.97 Å². The van der Waals surface area contributed by atoms with Crippen molar-refractivity contribution in [3.63, 3.8) is 0 Å². The summed E-state index contributed by atoms with van der Waals surface area (Å²) in [6.07, 6.45) is 2.57. The first-order valence-corrected chi connectivity index (χ1v) is 4.88. The number of carboxylic acid groups (broad SMARTS) is 1. The van der Waals surface area contributed by atoms with Crippen LogP contribution in [0.2, 0.25) is 0 Å². The molecule has 2 aromatic rings. The molecular formula is C9H11N5O3. The fourth-order valence-electron chi connectivity index (χ4n) is 1.41. The summed E-state index contributed by atoms with van der Waals surface area (Å²) in [6.45, 7) is 0.771. The molecule has 17 heavy (non-hydrogen) atoms. The SMILES string of the molecule is Cn1ncc(C(=O)O)c1CNCc1ncon1. The van der Waals surface area contributed by atoms with E-state index in [1.165, 1.54) is 17.3 Å². The molecule has 2 heterocycles. The number of nitrogens with zero attached hydrogens (tertiary/aromatic N) is 4. The zero-order valence-electron chi connectivity index (χ0n) is 9.12. The minimum atomic E-state index is -0.991. The second-order valence-electron chi connectivity index (χ2n) is 3.38. The molecule has 0 amide bonds. The maximum atomic E-state index is 10.9. The van der Waals surface area contributed by atoms with E-state index in [0.29, 0.717) is 24.6 Å². The van der Waals surface area contributed by atoms with Crippen LogP contribution in [-0.4, -0.2) is 31.0 Å². The molecule has 2 N–H and O–H groups in total. The van der Waals surface area contributed by atoms with Gasteiger partial charge in [0, 0.05) is 13.6 Å². The van der Waals surface area contributed by atoms with Crippen LogP contribution in [0.4, 0.5) is 0 Å². The first-order chi connectivity index (χ1) is 8.18. The zero-order valence-corrected chi connectivity index (χ0v) is 9.12. The highest BCUT2D eigenvalue weighted by molar-refractivity contribution is 5.88. The van der Waals surface area contributed by atoms with E-state index < -0.39 is 5.97 Å². The van der Waals surface area contributed by atoms with Gasteiger partial charge in [-0.2, -0.15) is 10.1 Å². The van der Waals surface area contributed by atoms with Crippen molar-refractivity contribution in [2.45, 2.75) is 13.1 Å². The van der Waals surface area contributed by atoms with Gasteiger partial charge in [-0.1, -0.05) is 5.16 Å². The van der Waals surface area contributed by atoms with Crippen molar-refractivity contribution in [2.24, 2.45) is 7.05 Å². The summed E-state index contributed by atoms with van der Waals surface area (Å²) in [5.74, 6) is -0.474. The van der Waals surface area contributed by atoms with Gasteiger partial charge in [-0.25, -0.2) is 4.79 Å². The van der Waals surface area contributed by atoms with E-state index in [1.807, 2.05) is 0 Å². The highest BCUT2D eigenvalue weighted by Gasteiger charge is 2.14. The molecule has 0 atom stereocenters. The van der Waals surface area contributed by atoms with Gasteiger partial charge in [0.2, 0.25) is 6.39 Å². The molecule has 0 fully saturated rings. The van der Waals surface area contributed by atoms with E-state index in [9.17, 15) is 4.79 Å². The molecule has 0 unspecified atom stereocenters. The second kappa shape index (κ2) is 4.74. The average Bonchev–Trinajstić information content (AvgIpc) is 2.89. The molecule has 2 aromatic heterocycles. The lowest BCUT2D eigenvalue weighted by molar-refractivity contribution is 0.0695. The smallest absolute Gasteiger partial charge is 0.339 e. The molecular weight excluding hydrogens is 226 g/mol. The number of aromatic carboxylic acids is 1. The quantitative estimate of drug-likeness (QED) is 0.741. The molecule has 8 heteroatoms. The Morgan fingerprint density at radius 3 is 3.06 bits per heavy atom. The summed E-state index contributed by atoms with van der Waals surface area (Å²) in [6, 6.07) is 0. The lowest BCUT2D eigenvalue weighted by Gasteiger charge is -2.04. The van der Waals surface area contributed by atoms with Crippen molar-refractivity contribution in [3.8, 4) is 0 Å². The second-order valence-corrected chi connectivity index (χ2v) is 3.38. The normalized spacial score (nSPS) is 10.6. The van der Waals surface area contributed by atoms with Gasteiger partial charge < -0.3 is 14.9 Å². The Balaban J connectivity index is 1.99. The molecule has 0 spiro atoms. The van der Waals surface area contributed by atoms with E-state index in [1.54, 1.807) is 7.05 Å². The van der Waals surface area contributed by atoms with Crippen LogP contribution in [0.25, 0.3) is 0 Å². The molecule has 0 saturated carbocycles. The highest BCUT2D eigenvalue weighted by atomic mass is 16.5. The summed E-state index contributed by atoms with van der Waals surface area (Å²) in [4.78, 5) is 14.7. The van der Waals surface area contributed by atoms with E-state index in [-0.39, 0.29) is 5.56 Å². The molecule has 0 bridgehead atoms. The lowest BCUT2D eigenvalue weighted by atomic mass is 10.2. The Morgan fingerprint density at radius 1 is 1.59 bits per heavy atom. The zero-order chi connectivity index (χ0) is 12.3. The number of carbonyl (C=O) groups is 1. The maximum absolute atomic E-state index is 10.9. The van der Waals surface area contributed by atoms with Crippen molar-refractivity contribution in [3.05, 3.63) is 29.7 Å². The third-order valence-electron chi connectivity index (χ3n) is 2.27. The van der Waals surface area contributed by atoms with Crippen LogP contribution >= 0.6 is 0 Å². The van der Waals surface area contributed by atoms with Gasteiger partial charge in [-0.15, -0.1) is 0 Å². The van der Waals surface area contributed by atoms with Gasteiger partial charge in [-0.05, 0) is 0 Å². The molecule has 0 aliphatic heterocycles. The van der Waals surface area contributed by atoms with Crippen molar-refractivity contribution < 1.29 is 14.4 Å². The van der Waals surface area contributed by atoms with E-state index in [4.69, 9.17) is 5.11 Å². The van der Waals surface area contributed by atoms with Crippen molar-refractivity contribution in [1.82, 2.24) is 25.2 Å². The Morgan fingerprint density at radius 2 is 2.41 bits per heavy atom. The molecule has 0 radical (unpaired) electrons. The van der Waals surface area contributed by atoms with Crippen LogP contribution in [0.1, 0.15) is 21.9 Å². The molecule has 90 valence electrons. The third kappa shape index (κ3) is 2.48. The summed E-state index contributed by atoms with van der Waals surface area (Å²) < 4.78 is 6.10. The van der Waals surface area contributed by atoms with Crippen LogP contribution in [0.15, 0.2) is 17.1 Å². The van der Waals surface area contributed by atoms with Gasteiger partial charge in [0.15, 0.2) is 5.82 Å². The van der Waals surface area contributed by atoms with Crippen molar-refractivity contribution >= 4 is 5.97 Å². The first kappa shape index (κ1) is 11.3. The minimum Gasteiger partial charge on any atom is -0.478 e. The summed E-state index contributed by atoms with van der Waals surface area (Å²) in [7, 11) is 1.69. The number of rotatable bonds is 5. The van der Waals surface area contributed by atoms with E-state index >= 15 is 0 Å². The molecule has 2 rings (SSSR count). The number of hydrogen-bond donors (Lipinski definition) is 2. The number of aromatic nitrogens is 4. The Hall–Kier alpha value is -2.22. The summed E-state index contributed by atoms with van der Waals surface area (Å²) in [5, 5.41) is 19.5. The maximum Gasteiger partial charge on any atom is 0.339 e. The molecule has 8 nitrogen and oxygen atoms in total. The van der Waals surface area contributed by atoms with Crippen LogP contribution in [-0.2, 0) is 20.1 Å². The Kier molecular flexibility index (Phi) is 3.15. The predicted molar refractivity (Wildman–Crippen MR) is 55.0 cm³/mol. The molecule has 0 aliphatic rings. The van der Waals surface area contributed by atoms with Gasteiger partial charge in [0.25, 0.3) is 0 Å². The third-order valence-corrected chi connectivity index (χ3v) is 2.27. The number of aryl methyl sites for hydroxylation is 1. The predicted octanol–water partition coefficient (Wildman–Crippen LogP) is -0.209. The monoisotopic (exact) mass is 237 g/mol. The molecule has 0 aliphatic carbocycles. The molecule has 0 saturated heterocycles. The minimum absolute atomic E-state index is 0.188. The largest absolute Gasteiger partial charge is 0.478 e. The van der Waals surface area contributed by atoms with Crippen molar-refractivity contribution in [2.75, 3.05) is 0 Å². The van der Waals surface area contributed by atoms with Crippen LogP contribution < -0.4 is 5.32 Å². The van der Waals surface area contributed by atoms with Crippen LogP contribution in [0.3, 0.4) is 0 Å². The van der Waals surface area contributed by atoms with Crippen LogP contribution in [0, 0.1) is 0 Å². The fourth-order valence-corrected chi connectivity index (χ4v) is 1.41. The number of nitrogens with one attached hydrogen (secondary N) is 1. The lowest BCUT2D eigenvalue weighted by Crippen LogP contribution is -2.18. The van der Waals surface area contributed by atoms with Gasteiger partial charge in [0.05, 0.1) is 18.4 Å². The Bertz CT molecular complexity index is 505. The van der Waals surface area contributed by atoms with Crippen molar-refractivity contribution in [1.29, 1.82) is 0 Å². The van der Waals surface area contributed by atoms with Crippen LogP contribution in [0.5, 0.6) is 0 Å². The summed E-state index contributed by atoms with van der Waals surface area (Å²) >= 11 is 0. The molecule has 0 aromatic carbocycles. The topological polar surface area (TPSA) is 106 Å². The number of carboxylic acids is 1. The van der Waals surface area contributed by atoms with E-state index in [2.05, 4.69) is 25.1 Å². The fraction of sp³-hybridized carbons (Fsp3) is 0.333. The first-order valence-electron chi connectivity index (χ1n) is 4.88.